The van der Waals surface area contributed by atoms with Crippen LogP contribution in [0.5, 0.6) is 5.75 Å². The highest BCUT2D eigenvalue weighted by Crippen LogP contribution is 2.43. The van der Waals surface area contributed by atoms with E-state index in [-0.39, 0.29) is 30.2 Å². The van der Waals surface area contributed by atoms with Crippen molar-refractivity contribution in [3.8, 4) is 17.0 Å². The molecule has 1 aliphatic heterocycles. The fourth-order valence-electron chi connectivity index (χ4n) is 3.31. The summed E-state index contributed by atoms with van der Waals surface area (Å²) in [5.41, 5.74) is 10.1. The molecule has 15 heteroatoms. The Balaban J connectivity index is 2.18. The van der Waals surface area contributed by atoms with Crippen LogP contribution in [0.4, 0.5) is 32.2 Å². The molecule has 0 aliphatic carbocycles. The second-order valence-corrected chi connectivity index (χ2v) is 7.35. The number of hydroxylamine groups is 1. The molecule has 2 atom stereocenters. The highest BCUT2D eigenvalue weighted by molar-refractivity contribution is 5.78. The van der Waals surface area contributed by atoms with Gasteiger partial charge in [-0.1, -0.05) is 12.1 Å². The Morgan fingerprint density at radius 3 is 2.37 bits per heavy atom. The van der Waals surface area contributed by atoms with E-state index in [2.05, 4.69) is 9.82 Å². The van der Waals surface area contributed by atoms with Gasteiger partial charge in [-0.3, -0.25) is 10.6 Å². The second kappa shape index (κ2) is 9.85. The van der Waals surface area contributed by atoms with Gasteiger partial charge in [-0.2, -0.15) is 31.4 Å². The van der Waals surface area contributed by atoms with E-state index >= 15 is 0 Å². The zero-order valence-corrected chi connectivity index (χ0v) is 18.4. The first kappa shape index (κ1) is 26.5. The van der Waals surface area contributed by atoms with Gasteiger partial charge in [-0.15, -0.1) is 0 Å². The number of ether oxygens (including phenoxy) is 2. The van der Waals surface area contributed by atoms with Gasteiger partial charge in [0.2, 0.25) is 0 Å². The van der Waals surface area contributed by atoms with Crippen molar-refractivity contribution in [2.75, 3.05) is 32.4 Å². The Morgan fingerprint density at radius 2 is 1.77 bits per heavy atom. The molecule has 9 nitrogen and oxygen atoms in total. The van der Waals surface area contributed by atoms with E-state index in [1.165, 1.54) is 37.3 Å². The van der Waals surface area contributed by atoms with Crippen LogP contribution in [-0.2, 0) is 20.5 Å². The van der Waals surface area contributed by atoms with Gasteiger partial charge in [0.05, 0.1) is 29.6 Å². The van der Waals surface area contributed by atoms with Crippen LogP contribution in [0, 0.1) is 0 Å². The molecule has 0 fully saturated rings. The summed E-state index contributed by atoms with van der Waals surface area (Å²) in [5.74, 6) is -3.27. The van der Waals surface area contributed by atoms with Crippen molar-refractivity contribution in [1.82, 2.24) is 9.88 Å². The quantitative estimate of drug-likeness (QED) is 0.448. The average molecular weight is 509 g/mol. The first-order chi connectivity index (χ1) is 16.3. The van der Waals surface area contributed by atoms with E-state index in [0.717, 1.165) is 12.1 Å². The highest BCUT2D eigenvalue weighted by Gasteiger charge is 2.46. The largest absolute Gasteiger partial charge is 0.493 e. The molecule has 3 rings (SSSR count). The third-order valence-electron chi connectivity index (χ3n) is 5.07. The standard InChI is InChI=1S/C20H21F6N5O4/c1-30-15(27)10-6-7-12(29-16(10)31(18(30)28)35-17(32)20(24,25)26)14-11(19(21,22)23)4-3-5-13(14)34-9-8-33-2/h3-7,15,18H,8-9,27-28H2,1-2H3. The summed E-state index contributed by atoms with van der Waals surface area (Å²) < 4.78 is 90.4. The zero-order chi connectivity index (χ0) is 26.1. The number of nitrogens with zero attached hydrogens (tertiary/aromatic N) is 3. The molecular formula is C20H21F6N5O4. The van der Waals surface area contributed by atoms with Gasteiger partial charge in [0.25, 0.3) is 0 Å². The molecule has 1 aliphatic rings. The number of rotatable bonds is 6. The number of pyridine rings is 1. The Bertz CT molecular complexity index is 1080. The van der Waals surface area contributed by atoms with Crippen molar-refractivity contribution in [2.24, 2.45) is 11.5 Å². The number of nitrogens with two attached hydrogens (primary N) is 2. The normalized spacial score (nSPS) is 18.9. The molecule has 0 bridgehead atoms. The maximum atomic E-state index is 13.8. The minimum Gasteiger partial charge on any atom is -0.490 e. The monoisotopic (exact) mass is 509 g/mol. The lowest BCUT2D eigenvalue weighted by Gasteiger charge is -2.42. The predicted molar refractivity (Wildman–Crippen MR) is 109 cm³/mol. The molecule has 192 valence electrons. The number of methoxy groups -OCH3 is 1. The summed E-state index contributed by atoms with van der Waals surface area (Å²) in [6.45, 7) is -0.0177. The molecule has 0 spiro atoms. The summed E-state index contributed by atoms with van der Waals surface area (Å²) in [4.78, 5) is 21.2. The van der Waals surface area contributed by atoms with E-state index in [9.17, 15) is 31.1 Å². The van der Waals surface area contributed by atoms with Crippen LogP contribution in [0.25, 0.3) is 11.3 Å². The van der Waals surface area contributed by atoms with Gasteiger partial charge in [0.15, 0.2) is 12.1 Å². The average Bonchev–Trinajstić information content (AvgIpc) is 2.78. The number of hydrogen-bond donors (Lipinski definition) is 2. The van der Waals surface area contributed by atoms with Crippen LogP contribution in [0.3, 0.4) is 0 Å². The number of alkyl halides is 6. The van der Waals surface area contributed by atoms with Crippen molar-refractivity contribution in [3.63, 3.8) is 0 Å². The number of aromatic nitrogens is 1. The van der Waals surface area contributed by atoms with Gasteiger partial charge >= 0.3 is 18.3 Å². The van der Waals surface area contributed by atoms with Gasteiger partial charge in [0.1, 0.15) is 12.4 Å². The molecule has 1 aromatic carbocycles. The van der Waals surface area contributed by atoms with Crippen molar-refractivity contribution in [2.45, 2.75) is 24.8 Å². The Hall–Kier alpha value is -3.14. The molecule has 2 aromatic rings. The lowest BCUT2D eigenvalue weighted by Crippen LogP contribution is -2.60. The van der Waals surface area contributed by atoms with Crippen LogP contribution in [0.15, 0.2) is 30.3 Å². The fourth-order valence-corrected chi connectivity index (χ4v) is 3.31. The number of carbonyl (C=O) groups is 1. The van der Waals surface area contributed by atoms with Crippen LogP contribution in [0.2, 0.25) is 0 Å². The Morgan fingerprint density at radius 1 is 1.09 bits per heavy atom. The van der Waals surface area contributed by atoms with Gasteiger partial charge in [-0.25, -0.2) is 9.78 Å². The minimum absolute atomic E-state index is 0.0549. The molecule has 0 saturated carbocycles. The third kappa shape index (κ3) is 5.42. The first-order valence-corrected chi connectivity index (χ1v) is 9.92. The summed E-state index contributed by atoms with van der Waals surface area (Å²) in [7, 11) is 2.73. The summed E-state index contributed by atoms with van der Waals surface area (Å²) >= 11 is 0. The van der Waals surface area contributed by atoms with Crippen molar-refractivity contribution in [3.05, 3.63) is 41.5 Å². The Kier molecular flexibility index (Phi) is 7.45. The number of benzene rings is 1. The number of anilines is 1. The topological polar surface area (TPSA) is 116 Å². The molecule has 2 unspecified atom stereocenters. The maximum absolute atomic E-state index is 13.8. The minimum atomic E-state index is -5.37. The van der Waals surface area contributed by atoms with E-state index in [1.807, 2.05) is 0 Å². The van der Waals surface area contributed by atoms with Gasteiger partial charge in [0, 0.05) is 12.7 Å². The molecule has 0 amide bonds. The number of halogens is 6. The predicted octanol–water partition coefficient (Wildman–Crippen LogP) is 2.76. The van der Waals surface area contributed by atoms with Crippen LogP contribution in [-0.4, -0.2) is 55.7 Å². The number of hydrogen-bond acceptors (Lipinski definition) is 9. The van der Waals surface area contributed by atoms with Gasteiger partial charge < -0.3 is 20.0 Å². The molecule has 0 radical (unpaired) electrons. The molecular weight excluding hydrogens is 488 g/mol. The summed E-state index contributed by atoms with van der Waals surface area (Å²) in [6.07, 6.45) is -12.7. The van der Waals surface area contributed by atoms with Crippen LogP contribution < -0.4 is 21.3 Å². The van der Waals surface area contributed by atoms with Gasteiger partial charge in [-0.05, 0) is 25.2 Å². The molecule has 4 N–H and O–H groups in total. The van der Waals surface area contributed by atoms with Crippen molar-refractivity contribution < 1.29 is 45.4 Å². The molecule has 2 heterocycles. The number of carbonyl (C=O) groups excluding carboxylic acids is 1. The molecule has 1 aromatic heterocycles. The molecule has 35 heavy (non-hydrogen) atoms. The fraction of sp³-hybridized carbons (Fsp3) is 0.400. The van der Waals surface area contributed by atoms with Crippen LogP contribution >= 0.6 is 0 Å². The van der Waals surface area contributed by atoms with E-state index in [1.54, 1.807) is 0 Å². The SMILES string of the molecule is COCCOc1cccc(C(F)(F)F)c1-c1ccc2c(n1)N(OC(=O)C(F)(F)F)C(N)N(C)C2N. The van der Waals surface area contributed by atoms with Crippen molar-refractivity contribution in [1.29, 1.82) is 0 Å². The number of fused-ring (bicyclic) bond motifs is 1. The summed E-state index contributed by atoms with van der Waals surface area (Å²) in [5, 5.41) is 0.347. The second-order valence-electron chi connectivity index (χ2n) is 7.35. The Labute approximate surface area is 195 Å². The van der Waals surface area contributed by atoms with E-state index in [4.69, 9.17) is 20.9 Å². The maximum Gasteiger partial charge on any atom is 0.493 e. The van der Waals surface area contributed by atoms with Crippen molar-refractivity contribution >= 4 is 11.8 Å². The van der Waals surface area contributed by atoms with E-state index < -0.39 is 47.7 Å². The molecule has 0 saturated heterocycles. The van der Waals surface area contributed by atoms with E-state index in [0.29, 0.717) is 5.06 Å². The summed E-state index contributed by atoms with van der Waals surface area (Å²) in [6, 6.07) is 5.65. The smallest absolute Gasteiger partial charge is 0.490 e. The highest BCUT2D eigenvalue weighted by atomic mass is 19.4. The van der Waals surface area contributed by atoms with Crippen LogP contribution in [0.1, 0.15) is 17.3 Å². The zero-order valence-electron chi connectivity index (χ0n) is 18.4. The lowest BCUT2D eigenvalue weighted by molar-refractivity contribution is -0.204. The first-order valence-electron chi connectivity index (χ1n) is 9.92. The lowest BCUT2D eigenvalue weighted by atomic mass is 10.0. The third-order valence-corrected chi connectivity index (χ3v) is 5.07.